The van der Waals surface area contributed by atoms with Gasteiger partial charge in [0.1, 0.15) is 5.82 Å². The van der Waals surface area contributed by atoms with Crippen LogP contribution in [0.4, 0.5) is 5.82 Å². The summed E-state index contributed by atoms with van der Waals surface area (Å²) in [6, 6.07) is 1.85. The van der Waals surface area contributed by atoms with E-state index in [9.17, 15) is 4.79 Å². The van der Waals surface area contributed by atoms with Crippen LogP contribution in [0.2, 0.25) is 0 Å². The van der Waals surface area contributed by atoms with Crippen LogP contribution < -0.4 is 4.90 Å². The van der Waals surface area contributed by atoms with Gasteiger partial charge < -0.3 is 9.64 Å². The van der Waals surface area contributed by atoms with Crippen LogP contribution in [0.1, 0.15) is 22.8 Å². The van der Waals surface area contributed by atoms with Crippen molar-refractivity contribution < 1.29 is 9.53 Å². The van der Waals surface area contributed by atoms with E-state index >= 15 is 0 Å². The van der Waals surface area contributed by atoms with Gasteiger partial charge >= 0.3 is 0 Å². The number of anilines is 1. The second-order valence-corrected chi connectivity index (χ2v) is 3.60. The maximum absolute atomic E-state index is 10.6. The van der Waals surface area contributed by atoms with Crippen LogP contribution in [0.3, 0.4) is 0 Å². The fourth-order valence-corrected chi connectivity index (χ4v) is 1.60. The first-order chi connectivity index (χ1) is 7.72. The Kier molecular flexibility index (Phi) is 4.92. The molecule has 0 aliphatic rings. The monoisotopic (exact) mass is 222 g/mol. The Morgan fingerprint density at radius 2 is 2.31 bits per heavy atom. The molecular formula is C12H18N2O2. The molecule has 1 rings (SSSR count). The number of aromatic nitrogens is 1. The van der Waals surface area contributed by atoms with Gasteiger partial charge in [0.05, 0.1) is 6.61 Å². The normalized spacial score (nSPS) is 10.2. The number of likely N-dealkylation sites (N-methyl/N-ethyl adjacent to an activating group) is 1. The number of aldehydes is 1. The van der Waals surface area contributed by atoms with Crippen LogP contribution in [-0.4, -0.2) is 38.1 Å². The Labute approximate surface area is 96.2 Å². The minimum atomic E-state index is 0.615. The largest absolute Gasteiger partial charge is 0.383 e. The molecule has 0 saturated carbocycles. The standard InChI is InChI=1S/C12H18N2O2/c1-4-14(5-6-16-3)12-10(2)7-11(9-15)8-13-12/h7-9H,4-6H2,1-3H3. The number of nitrogens with zero attached hydrogens (tertiary/aromatic N) is 2. The number of methoxy groups -OCH3 is 1. The molecule has 0 bridgehead atoms. The number of hydrogen-bond acceptors (Lipinski definition) is 4. The van der Waals surface area contributed by atoms with Gasteiger partial charge in [0.25, 0.3) is 0 Å². The highest BCUT2D eigenvalue weighted by molar-refractivity contribution is 5.75. The molecule has 1 aromatic heterocycles. The summed E-state index contributed by atoms with van der Waals surface area (Å²) in [7, 11) is 1.68. The molecule has 1 heterocycles. The Morgan fingerprint density at radius 3 is 2.81 bits per heavy atom. The molecule has 0 aliphatic carbocycles. The van der Waals surface area contributed by atoms with Gasteiger partial charge in [-0.1, -0.05) is 0 Å². The van der Waals surface area contributed by atoms with Crippen LogP contribution in [0.5, 0.6) is 0 Å². The summed E-state index contributed by atoms with van der Waals surface area (Å²) in [5, 5.41) is 0. The number of ether oxygens (including phenoxy) is 1. The molecular weight excluding hydrogens is 204 g/mol. The van der Waals surface area contributed by atoms with Gasteiger partial charge in [-0.15, -0.1) is 0 Å². The van der Waals surface area contributed by atoms with Crippen molar-refractivity contribution in [3.05, 3.63) is 23.4 Å². The van der Waals surface area contributed by atoms with Gasteiger partial charge in [-0.3, -0.25) is 4.79 Å². The molecule has 0 spiro atoms. The number of rotatable bonds is 6. The lowest BCUT2D eigenvalue weighted by atomic mass is 10.2. The van der Waals surface area contributed by atoms with E-state index in [-0.39, 0.29) is 0 Å². The summed E-state index contributed by atoms with van der Waals surface area (Å²) in [5.74, 6) is 0.921. The topological polar surface area (TPSA) is 42.4 Å². The quantitative estimate of drug-likeness (QED) is 0.687. The Balaban J connectivity index is 2.87. The summed E-state index contributed by atoms with van der Waals surface area (Å²) in [6.07, 6.45) is 2.42. The Bertz CT molecular complexity index is 353. The van der Waals surface area contributed by atoms with Crippen LogP contribution in [-0.2, 0) is 4.74 Å². The minimum absolute atomic E-state index is 0.615. The summed E-state index contributed by atoms with van der Waals surface area (Å²) < 4.78 is 5.05. The number of carbonyl (C=O) groups is 1. The van der Waals surface area contributed by atoms with Gasteiger partial charge in [0.15, 0.2) is 6.29 Å². The third-order valence-electron chi connectivity index (χ3n) is 2.45. The smallest absolute Gasteiger partial charge is 0.151 e. The first-order valence-electron chi connectivity index (χ1n) is 5.38. The van der Waals surface area contributed by atoms with Crippen LogP contribution in [0, 0.1) is 6.92 Å². The molecule has 0 aromatic carbocycles. The molecule has 16 heavy (non-hydrogen) atoms. The number of hydrogen-bond donors (Lipinski definition) is 0. The maximum atomic E-state index is 10.6. The Hall–Kier alpha value is -1.42. The van der Waals surface area contributed by atoms with Crippen LogP contribution >= 0.6 is 0 Å². The predicted octanol–water partition coefficient (Wildman–Crippen LogP) is 1.68. The zero-order chi connectivity index (χ0) is 12.0. The highest BCUT2D eigenvalue weighted by Gasteiger charge is 2.09. The predicted molar refractivity (Wildman–Crippen MR) is 64.1 cm³/mol. The van der Waals surface area contributed by atoms with E-state index < -0.39 is 0 Å². The molecule has 4 heteroatoms. The number of carbonyl (C=O) groups excluding carboxylic acids is 1. The average Bonchev–Trinajstić information content (AvgIpc) is 2.31. The fraction of sp³-hybridized carbons (Fsp3) is 0.500. The van der Waals surface area contributed by atoms with Crippen molar-refractivity contribution in [3.63, 3.8) is 0 Å². The number of pyridine rings is 1. The highest BCUT2D eigenvalue weighted by Crippen LogP contribution is 2.16. The molecule has 0 aliphatic heterocycles. The maximum Gasteiger partial charge on any atom is 0.151 e. The molecule has 0 radical (unpaired) electrons. The second kappa shape index (κ2) is 6.23. The van der Waals surface area contributed by atoms with E-state index in [4.69, 9.17) is 4.74 Å². The molecule has 0 atom stereocenters. The van der Waals surface area contributed by atoms with E-state index in [1.807, 2.05) is 13.0 Å². The lowest BCUT2D eigenvalue weighted by molar-refractivity contribution is 0.112. The molecule has 4 nitrogen and oxygen atoms in total. The van der Waals surface area contributed by atoms with Gasteiger partial charge in [0.2, 0.25) is 0 Å². The summed E-state index contributed by atoms with van der Waals surface area (Å²) in [6.45, 7) is 6.39. The van der Waals surface area contributed by atoms with E-state index in [1.165, 1.54) is 0 Å². The first kappa shape index (κ1) is 12.6. The highest BCUT2D eigenvalue weighted by atomic mass is 16.5. The van der Waals surface area contributed by atoms with E-state index in [0.717, 1.165) is 30.8 Å². The van der Waals surface area contributed by atoms with Crippen molar-refractivity contribution in [2.45, 2.75) is 13.8 Å². The molecule has 0 fully saturated rings. The molecule has 1 aromatic rings. The second-order valence-electron chi connectivity index (χ2n) is 3.60. The summed E-state index contributed by atoms with van der Waals surface area (Å²) >= 11 is 0. The van der Waals surface area contributed by atoms with E-state index in [1.54, 1.807) is 13.3 Å². The lowest BCUT2D eigenvalue weighted by Crippen LogP contribution is -2.28. The summed E-state index contributed by atoms with van der Waals surface area (Å²) in [4.78, 5) is 17.1. The SMILES string of the molecule is CCN(CCOC)c1ncc(C=O)cc1C. The zero-order valence-corrected chi connectivity index (χ0v) is 10.1. The van der Waals surface area contributed by atoms with Crippen LogP contribution in [0.25, 0.3) is 0 Å². The van der Waals surface area contributed by atoms with Gasteiger partial charge in [-0.2, -0.15) is 0 Å². The average molecular weight is 222 g/mol. The molecule has 88 valence electrons. The Morgan fingerprint density at radius 1 is 1.56 bits per heavy atom. The van der Waals surface area contributed by atoms with Crippen molar-refractivity contribution in [2.24, 2.45) is 0 Å². The minimum Gasteiger partial charge on any atom is -0.383 e. The number of aryl methyl sites for hydroxylation is 1. The van der Waals surface area contributed by atoms with Gasteiger partial charge in [0, 0.05) is 32.0 Å². The third-order valence-corrected chi connectivity index (χ3v) is 2.45. The van der Waals surface area contributed by atoms with Crippen molar-refractivity contribution in [1.82, 2.24) is 4.98 Å². The lowest BCUT2D eigenvalue weighted by Gasteiger charge is -2.23. The first-order valence-corrected chi connectivity index (χ1v) is 5.38. The van der Waals surface area contributed by atoms with E-state index in [2.05, 4.69) is 16.8 Å². The fourth-order valence-electron chi connectivity index (χ4n) is 1.60. The third kappa shape index (κ3) is 3.03. The zero-order valence-electron chi connectivity index (χ0n) is 10.1. The van der Waals surface area contributed by atoms with Crippen molar-refractivity contribution in [3.8, 4) is 0 Å². The summed E-state index contributed by atoms with van der Waals surface area (Å²) in [5.41, 5.74) is 1.63. The molecule has 0 N–H and O–H groups in total. The van der Waals surface area contributed by atoms with Gasteiger partial charge in [-0.25, -0.2) is 4.98 Å². The van der Waals surface area contributed by atoms with Crippen LogP contribution in [0.15, 0.2) is 12.3 Å². The van der Waals surface area contributed by atoms with Gasteiger partial charge in [-0.05, 0) is 25.5 Å². The van der Waals surface area contributed by atoms with E-state index in [0.29, 0.717) is 12.2 Å². The molecule has 0 saturated heterocycles. The molecule has 0 amide bonds. The van der Waals surface area contributed by atoms with Crippen molar-refractivity contribution in [2.75, 3.05) is 31.7 Å². The van der Waals surface area contributed by atoms with Crippen molar-refractivity contribution in [1.29, 1.82) is 0 Å². The molecule has 0 unspecified atom stereocenters. The van der Waals surface area contributed by atoms with Crippen molar-refractivity contribution >= 4 is 12.1 Å².